The molecule has 1 fully saturated rings. The minimum atomic E-state index is -0.731. The smallest absolute Gasteiger partial charge is 0.338 e. The van der Waals surface area contributed by atoms with Gasteiger partial charge in [-0.2, -0.15) is 0 Å². The van der Waals surface area contributed by atoms with E-state index in [-0.39, 0.29) is 28.9 Å². The number of esters is 1. The summed E-state index contributed by atoms with van der Waals surface area (Å²) in [5.41, 5.74) is 0.871. The number of rotatable bonds is 10. The van der Waals surface area contributed by atoms with Crippen LogP contribution in [0.3, 0.4) is 0 Å². The molecular formula is C30H48N2O4. The Morgan fingerprint density at radius 2 is 1.58 bits per heavy atom. The molecule has 1 aromatic carbocycles. The fraction of sp³-hybridized carbons (Fsp3) is 0.700. The van der Waals surface area contributed by atoms with Crippen molar-refractivity contribution in [3.63, 3.8) is 0 Å². The average Bonchev–Trinajstić information content (AvgIpc) is 3.01. The van der Waals surface area contributed by atoms with Crippen molar-refractivity contribution in [1.29, 1.82) is 0 Å². The van der Waals surface area contributed by atoms with E-state index < -0.39 is 17.5 Å². The summed E-state index contributed by atoms with van der Waals surface area (Å²) >= 11 is 0. The molecule has 0 spiro atoms. The molecular weight excluding hydrogens is 452 g/mol. The molecule has 0 saturated carbocycles. The quantitative estimate of drug-likeness (QED) is 0.288. The number of carbonyl (C=O) groups excluding carboxylic acids is 3. The molecule has 1 saturated heterocycles. The lowest BCUT2D eigenvalue weighted by molar-refractivity contribution is -0.143. The lowest BCUT2D eigenvalue weighted by Crippen LogP contribution is -2.53. The Morgan fingerprint density at radius 1 is 1.00 bits per heavy atom. The third-order valence-corrected chi connectivity index (χ3v) is 7.63. The van der Waals surface area contributed by atoms with Crippen LogP contribution in [0.15, 0.2) is 24.3 Å². The first-order valence-electron chi connectivity index (χ1n) is 13.5. The summed E-state index contributed by atoms with van der Waals surface area (Å²) in [5, 5.41) is 3.09. The summed E-state index contributed by atoms with van der Waals surface area (Å²) in [5.74, 6) is -0.939. The number of benzene rings is 1. The SMILES string of the molecule is CCC1(CCC(C)C(C)(C)C)NC(=O)C(=O)N1[C@H](CCC(C)(C)C)c1ccc(C(=O)OC(C)C)cc1. The van der Waals surface area contributed by atoms with Gasteiger partial charge in [0.2, 0.25) is 0 Å². The second kappa shape index (κ2) is 11.4. The van der Waals surface area contributed by atoms with Crippen LogP contribution in [0.4, 0.5) is 0 Å². The maximum absolute atomic E-state index is 13.4. The van der Waals surface area contributed by atoms with Crippen molar-refractivity contribution in [2.24, 2.45) is 16.7 Å². The summed E-state index contributed by atoms with van der Waals surface area (Å²) < 4.78 is 5.33. The second-order valence-corrected chi connectivity index (χ2v) is 13.0. The van der Waals surface area contributed by atoms with Crippen LogP contribution in [-0.2, 0) is 14.3 Å². The van der Waals surface area contributed by atoms with Crippen molar-refractivity contribution >= 4 is 17.8 Å². The van der Waals surface area contributed by atoms with Crippen molar-refractivity contribution in [2.45, 2.75) is 119 Å². The minimum absolute atomic E-state index is 0.0646. The molecule has 0 bridgehead atoms. The highest BCUT2D eigenvalue weighted by molar-refractivity contribution is 6.37. The molecule has 2 rings (SSSR count). The number of amides is 2. The first-order chi connectivity index (χ1) is 16.5. The van der Waals surface area contributed by atoms with Gasteiger partial charge in [-0.15, -0.1) is 0 Å². The Kier molecular flexibility index (Phi) is 9.41. The fourth-order valence-electron chi connectivity index (χ4n) is 4.71. The van der Waals surface area contributed by atoms with Crippen molar-refractivity contribution in [3.05, 3.63) is 35.4 Å². The summed E-state index contributed by atoms with van der Waals surface area (Å²) in [7, 11) is 0. The van der Waals surface area contributed by atoms with Crippen LogP contribution in [0.2, 0.25) is 0 Å². The van der Waals surface area contributed by atoms with Gasteiger partial charge in [-0.05, 0) is 80.4 Å². The van der Waals surface area contributed by atoms with E-state index in [2.05, 4.69) is 53.8 Å². The predicted molar refractivity (Wildman–Crippen MR) is 144 cm³/mol. The number of nitrogens with one attached hydrogen (secondary N) is 1. The van der Waals surface area contributed by atoms with Crippen molar-refractivity contribution < 1.29 is 19.1 Å². The number of hydrogen-bond donors (Lipinski definition) is 1. The van der Waals surface area contributed by atoms with E-state index in [9.17, 15) is 14.4 Å². The van der Waals surface area contributed by atoms with Crippen LogP contribution in [0.1, 0.15) is 123 Å². The van der Waals surface area contributed by atoms with Gasteiger partial charge in [0.05, 0.1) is 17.7 Å². The first-order valence-corrected chi connectivity index (χ1v) is 13.5. The van der Waals surface area contributed by atoms with Crippen molar-refractivity contribution in [2.75, 3.05) is 0 Å². The number of nitrogens with zero attached hydrogens (tertiary/aromatic N) is 1. The molecule has 1 aliphatic heterocycles. The molecule has 3 atom stereocenters. The van der Waals surface area contributed by atoms with Crippen LogP contribution in [0.25, 0.3) is 0 Å². The van der Waals surface area contributed by atoms with Gasteiger partial charge >= 0.3 is 17.8 Å². The van der Waals surface area contributed by atoms with E-state index >= 15 is 0 Å². The van der Waals surface area contributed by atoms with E-state index in [0.29, 0.717) is 24.3 Å². The highest BCUT2D eigenvalue weighted by atomic mass is 16.5. The van der Waals surface area contributed by atoms with E-state index in [1.54, 1.807) is 12.1 Å². The maximum Gasteiger partial charge on any atom is 0.338 e. The van der Waals surface area contributed by atoms with Gasteiger partial charge < -0.3 is 15.0 Å². The standard InChI is InChI=1S/C30H48N2O4/c1-11-30(19-16-21(4)29(8,9)10)31-25(33)26(34)32(30)24(17-18-28(5,6)7)22-12-14-23(15-13-22)27(35)36-20(2)3/h12-15,20-21,24H,11,16-19H2,1-10H3,(H,31,33)/t21?,24-,30?/m1/s1. The van der Waals surface area contributed by atoms with Crippen LogP contribution in [-0.4, -0.2) is 34.5 Å². The van der Waals surface area contributed by atoms with Crippen molar-refractivity contribution in [3.8, 4) is 0 Å². The van der Waals surface area contributed by atoms with E-state index in [1.807, 2.05) is 37.8 Å². The third-order valence-electron chi connectivity index (χ3n) is 7.63. The molecule has 202 valence electrons. The zero-order valence-electron chi connectivity index (χ0n) is 24.2. The Hall–Kier alpha value is -2.37. The van der Waals surface area contributed by atoms with Gasteiger partial charge in [0.15, 0.2) is 0 Å². The van der Waals surface area contributed by atoms with E-state index in [1.165, 1.54) is 0 Å². The Bertz CT molecular complexity index is 924. The molecule has 2 amide bonds. The van der Waals surface area contributed by atoms with Gasteiger partial charge in [0.1, 0.15) is 5.66 Å². The summed E-state index contributed by atoms with van der Waals surface area (Å²) in [6, 6.07) is 7.04. The van der Waals surface area contributed by atoms with Crippen LogP contribution >= 0.6 is 0 Å². The van der Waals surface area contributed by atoms with Gasteiger partial charge in [-0.1, -0.05) is 67.5 Å². The van der Waals surface area contributed by atoms with Gasteiger partial charge in [0, 0.05) is 0 Å². The molecule has 1 heterocycles. The molecule has 0 aliphatic carbocycles. The summed E-state index contributed by atoms with van der Waals surface area (Å²) in [6.07, 6.45) is 3.63. The van der Waals surface area contributed by atoms with Crippen LogP contribution in [0, 0.1) is 16.7 Å². The molecule has 0 aromatic heterocycles. The predicted octanol–water partition coefficient (Wildman–Crippen LogP) is 6.65. The zero-order chi connectivity index (χ0) is 27.5. The number of carbonyl (C=O) groups is 3. The highest BCUT2D eigenvalue weighted by Gasteiger charge is 2.52. The summed E-state index contributed by atoms with van der Waals surface area (Å²) in [4.78, 5) is 40.4. The van der Waals surface area contributed by atoms with E-state index in [4.69, 9.17) is 4.74 Å². The van der Waals surface area contributed by atoms with Crippen molar-refractivity contribution in [1.82, 2.24) is 10.2 Å². The minimum Gasteiger partial charge on any atom is -0.459 e. The molecule has 1 N–H and O–H groups in total. The van der Waals surface area contributed by atoms with E-state index in [0.717, 1.165) is 24.8 Å². The Labute approximate surface area is 218 Å². The number of hydrogen-bond acceptors (Lipinski definition) is 4. The molecule has 6 heteroatoms. The summed E-state index contributed by atoms with van der Waals surface area (Å²) in [6.45, 7) is 21.1. The Balaban J connectivity index is 2.48. The molecule has 0 radical (unpaired) electrons. The molecule has 2 unspecified atom stereocenters. The van der Waals surface area contributed by atoms with Crippen LogP contribution in [0.5, 0.6) is 0 Å². The van der Waals surface area contributed by atoms with Gasteiger partial charge in [0.25, 0.3) is 0 Å². The lowest BCUT2D eigenvalue weighted by atomic mass is 9.77. The topological polar surface area (TPSA) is 75.7 Å². The molecule has 1 aromatic rings. The largest absolute Gasteiger partial charge is 0.459 e. The zero-order valence-corrected chi connectivity index (χ0v) is 24.2. The molecule has 1 aliphatic rings. The number of ether oxygens (including phenoxy) is 1. The monoisotopic (exact) mass is 500 g/mol. The highest BCUT2D eigenvalue weighted by Crippen LogP contribution is 2.42. The normalized spacial score (nSPS) is 20.5. The second-order valence-electron chi connectivity index (χ2n) is 13.0. The van der Waals surface area contributed by atoms with Crippen LogP contribution < -0.4 is 5.32 Å². The lowest BCUT2D eigenvalue weighted by Gasteiger charge is -2.44. The average molecular weight is 501 g/mol. The van der Waals surface area contributed by atoms with Gasteiger partial charge in [-0.25, -0.2) is 4.79 Å². The molecule has 6 nitrogen and oxygen atoms in total. The fourth-order valence-corrected chi connectivity index (χ4v) is 4.71. The Morgan fingerprint density at radius 3 is 2.06 bits per heavy atom. The van der Waals surface area contributed by atoms with Gasteiger partial charge in [-0.3, -0.25) is 9.59 Å². The maximum atomic E-state index is 13.4. The third kappa shape index (κ3) is 7.33. The molecule has 36 heavy (non-hydrogen) atoms. The first kappa shape index (κ1) is 29.9.